The van der Waals surface area contributed by atoms with Gasteiger partial charge in [-0.2, -0.15) is 5.10 Å². The van der Waals surface area contributed by atoms with E-state index in [2.05, 4.69) is 10.4 Å². The van der Waals surface area contributed by atoms with Crippen molar-refractivity contribution in [3.8, 4) is 0 Å². The molecule has 0 aromatic carbocycles. The van der Waals surface area contributed by atoms with Crippen LogP contribution in [0.15, 0.2) is 18.5 Å². The summed E-state index contributed by atoms with van der Waals surface area (Å²) in [6, 6.07) is 1.87. The van der Waals surface area contributed by atoms with Crippen molar-refractivity contribution in [1.82, 2.24) is 15.1 Å². The molecular weight excluding hydrogens is 178 g/mol. The fraction of sp³-hybridized carbons (Fsp3) is 0.600. The van der Waals surface area contributed by atoms with E-state index in [1.165, 1.54) is 0 Å². The lowest BCUT2D eigenvalue weighted by Gasteiger charge is -2.17. The Kier molecular flexibility index (Phi) is 3.28. The summed E-state index contributed by atoms with van der Waals surface area (Å²) < 4.78 is 1.79. The highest BCUT2D eigenvalue weighted by molar-refractivity contribution is 5.81. The molecule has 0 atom stereocenters. The van der Waals surface area contributed by atoms with Crippen molar-refractivity contribution >= 4 is 5.91 Å². The van der Waals surface area contributed by atoms with Crippen LogP contribution in [0.1, 0.15) is 20.8 Å². The molecule has 0 radical (unpaired) electrons. The fourth-order valence-corrected chi connectivity index (χ4v) is 0.982. The van der Waals surface area contributed by atoms with Crippen LogP contribution in [0.4, 0.5) is 0 Å². The van der Waals surface area contributed by atoms with Crippen LogP contribution in [0, 0.1) is 5.41 Å². The Labute approximate surface area is 84.3 Å². The molecule has 1 rings (SSSR count). The van der Waals surface area contributed by atoms with Crippen LogP contribution in [0.5, 0.6) is 0 Å². The molecule has 78 valence electrons. The third-order valence-corrected chi connectivity index (χ3v) is 1.87. The number of hydrogen-bond acceptors (Lipinski definition) is 2. The zero-order valence-electron chi connectivity index (χ0n) is 8.95. The molecule has 0 saturated heterocycles. The molecule has 1 amide bonds. The first kappa shape index (κ1) is 10.8. The molecule has 1 N–H and O–H groups in total. The van der Waals surface area contributed by atoms with Crippen LogP contribution in [0.25, 0.3) is 0 Å². The Hall–Kier alpha value is -1.32. The first-order chi connectivity index (χ1) is 6.50. The van der Waals surface area contributed by atoms with E-state index in [0.29, 0.717) is 6.54 Å². The second-order valence-corrected chi connectivity index (χ2v) is 4.28. The van der Waals surface area contributed by atoms with E-state index < -0.39 is 0 Å². The van der Waals surface area contributed by atoms with Crippen LogP contribution in [0.2, 0.25) is 0 Å². The summed E-state index contributed by atoms with van der Waals surface area (Å²) in [7, 11) is 0. The zero-order valence-corrected chi connectivity index (χ0v) is 8.95. The van der Waals surface area contributed by atoms with E-state index >= 15 is 0 Å². The Morgan fingerprint density at radius 1 is 1.50 bits per heavy atom. The molecular formula is C10H17N3O. The van der Waals surface area contributed by atoms with Gasteiger partial charge in [-0.25, -0.2) is 0 Å². The zero-order chi connectivity index (χ0) is 10.6. The van der Waals surface area contributed by atoms with E-state index in [4.69, 9.17) is 0 Å². The summed E-state index contributed by atoms with van der Waals surface area (Å²) in [5, 5.41) is 6.90. The van der Waals surface area contributed by atoms with Gasteiger partial charge in [0.1, 0.15) is 0 Å². The van der Waals surface area contributed by atoms with Gasteiger partial charge < -0.3 is 5.32 Å². The van der Waals surface area contributed by atoms with E-state index in [1.807, 2.05) is 33.0 Å². The summed E-state index contributed by atoms with van der Waals surface area (Å²) in [4.78, 5) is 11.5. The van der Waals surface area contributed by atoms with E-state index in [9.17, 15) is 4.79 Å². The average Bonchev–Trinajstić information content (AvgIpc) is 2.55. The Bertz CT molecular complexity index is 285. The first-order valence-electron chi connectivity index (χ1n) is 4.76. The van der Waals surface area contributed by atoms with Gasteiger partial charge >= 0.3 is 0 Å². The smallest absolute Gasteiger partial charge is 0.225 e. The molecule has 0 saturated carbocycles. The standard InChI is InChI=1S/C10H17N3O/c1-10(2,3)9(14)11-6-8-13-7-4-5-12-13/h4-5,7H,6,8H2,1-3H3,(H,11,14). The molecule has 0 fully saturated rings. The summed E-state index contributed by atoms with van der Waals surface area (Å²) in [5.41, 5.74) is -0.315. The van der Waals surface area contributed by atoms with Crippen molar-refractivity contribution in [2.75, 3.05) is 6.54 Å². The fourth-order valence-electron chi connectivity index (χ4n) is 0.982. The number of hydrogen-bond donors (Lipinski definition) is 1. The summed E-state index contributed by atoms with van der Waals surface area (Å²) in [5.74, 6) is 0.0738. The minimum Gasteiger partial charge on any atom is -0.354 e. The Balaban J connectivity index is 2.26. The minimum atomic E-state index is -0.315. The largest absolute Gasteiger partial charge is 0.354 e. The van der Waals surface area contributed by atoms with Gasteiger partial charge in [-0.05, 0) is 6.07 Å². The molecule has 0 bridgehead atoms. The van der Waals surface area contributed by atoms with E-state index in [1.54, 1.807) is 10.9 Å². The Morgan fingerprint density at radius 3 is 2.71 bits per heavy atom. The first-order valence-corrected chi connectivity index (χ1v) is 4.76. The number of nitrogens with zero attached hydrogens (tertiary/aromatic N) is 2. The van der Waals surface area contributed by atoms with Crippen LogP contribution in [-0.2, 0) is 11.3 Å². The second-order valence-electron chi connectivity index (χ2n) is 4.28. The van der Waals surface area contributed by atoms with E-state index in [-0.39, 0.29) is 11.3 Å². The summed E-state index contributed by atoms with van der Waals surface area (Å²) >= 11 is 0. The predicted molar refractivity (Wildman–Crippen MR) is 54.7 cm³/mol. The molecule has 0 aliphatic rings. The molecule has 0 spiro atoms. The average molecular weight is 195 g/mol. The highest BCUT2D eigenvalue weighted by atomic mass is 16.2. The maximum atomic E-state index is 11.5. The molecule has 1 aromatic rings. The van der Waals surface area contributed by atoms with E-state index in [0.717, 1.165) is 6.54 Å². The maximum absolute atomic E-state index is 11.5. The summed E-state index contributed by atoms with van der Waals surface area (Å²) in [6.07, 6.45) is 3.61. The highest BCUT2D eigenvalue weighted by Crippen LogP contribution is 2.11. The van der Waals surface area contributed by atoms with Crippen LogP contribution in [-0.4, -0.2) is 22.2 Å². The van der Waals surface area contributed by atoms with Crippen molar-refractivity contribution in [3.63, 3.8) is 0 Å². The van der Waals surface area contributed by atoms with Gasteiger partial charge in [-0.1, -0.05) is 20.8 Å². The third kappa shape index (κ3) is 3.20. The number of aromatic nitrogens is 2. The topological polar surface area (TPSA) is 46.9 Å². The van der Waals surface area contributed by atoms with Gasteiger partial charge in [-0.15, -0.1) is 0 Å². The lowest BCUT2D eigenvalue weighted by Crippen LogP contribution is -2.36. The van der Waals surface area contributed by atoms with Crippen molar-refractivity contribution in [2.45, 2.75) is 27.3 Å². The Morgan fingerprint density at radius 2 is 2.21 bits per heavy atom. The molecule has 4 nitrogen and oxygen atoms in total. The van der Waals surface area contributed by atoms with Gasteiger partial charge in [0.05, 0.1) is 6.54 Å². The normalized spacial score (nSPS) is 11.4. The van der Waals surface area contributed by atoms with Gasteiger partial charge in [-0.3, -0.25) is 9.48 Å². The number of amides is 1. The summed E-state index contributed by atoms with van der Waals surface area (Å²) in [6.45, 7) is 7.04. The molecule has 1 aromatic heterocycles. The quantitative estimate of drug-likeness (QED) is 0.783. The molecule has 4 heteroatoms. The highest BCUT2D eigenvalue weighted by Gasteiger charge is 2.20. The van der Waals surface area contributed by atoms with Gasteiger partial charge in [0.15, 0.2) is 0 Å². The van der Waals surface area contributed by atoms with Crippen molar-refractivity contribution in [1.29, 1.82) is 0 Å². The van der Waals surface area contributed by atoms with Crippen molar-refractivity contribution in [3.05, 3.63) is 18.5 Å². The van der Waals surface area contributed by atoms with Crippen molar-refractivity contribution in [2.24, 2.45) is 5.41 Å². The molecule has 0 unspecified atom stereocenters. The third-order valence-electron chi connectivity index (χ3n) is 1.87. The lowest BCUT2D eigenvalue weighted by atomic mass is 9.96. The van der Waals surface area contributed by atoms with Crippen molar-refractivity contribution < 1.29 is 4.79 Å². The minimum absolute atomic E-state index is 0.0738. The molecule has 1 heterocycles. The second kappa shape index (κ2) is 4.26. The van der Waals surface area contributed by atoms with Gasteiger partial charge in [0.2, 0.25) is 5.91 Å². The van der Waals surface area contributed by atoms with Gasteiger partial charge in [0, 0.05) is 24.4 Å². The van der Waals surface area contributed by atoms with Crippen LogP contribution >= 0.6 is 0 Å². The van der Waals surface area contributed by atoms with Gasteiger partial charge in [0.25, 0.3) is 0 Å². The predicted octanol–water partition coefficient (Wildman–Crippen LogP) is 1.05. The lowest BCUT2D eigenvalue weighted by molar-refractivity contribution is -0.128. The number of carbonyl (C=O) groups is 1. The van der Waals surface area contributed by atoms with Crippen LogP contribution < -0.4 is 5.32 Å². The molecule has 0 aliphatic heterocycles. The maximum Gasteiger partial charge on any atom is 0.225 e. The monoisotopic (exact) mass is 195 g/mol. The number of nitrogens with one attached hydrogen (secondary N) is 1. The number of carbonyl (C=O) groups excluding carboxylic acids is 1. The molecule has 14 heavy (non-hydrogen) atoms. The number of rotatable bonds is 3. The van der Waals surface area contributed by atoms with Crippen LogP contribution in [0.3, 0.4) is 0 Å². The SMILES string of the molecule is CC(C)(C)C(=O)NCCn1cccn1. The molecule has 0 aliphatic carbocycles.